The SMILES string of the molecule is COC(=O)C(C)(O)CN1C=Nc2ccccc2S1(=O)=O. The third kappa shape index (κ3) is 2.39. The first-order valence-electron chi connectivity index (χ1n) is 5.75. The topological polar surface area (TPSA) is 96.3 Å². The van der Waals surface area contributed by atoms with Crippen molar-refractivity contribution in [2.45, 2.75) is 17.4 Å². The van der Waals surface area contributed by atoms with Gasteiger partial charge in [-0.3, -0.25) is 4.31 Å². The van der Waals surface area contributed by atoms with Gasteiger partial charge < -0.3 is 9.84 Å². The van der Waals surface area contributed by atoms with Crippen molar-refractivity contribution in [3.05, 3.63) is 24.3 Å². The summed E-state index contributed by atoms with van der Waals surface area (Å²) in [5.41, 5.74) is -1.64. The average Bonchev–Trinajstić information content (AvgIpc) is 2.41. The Hall–Kier alpha value is -1.93. The van der Waals surface area contributed by atoms with Gasteiger partial charge in [0.15, 0.2) is 5.60 Å². The Bertz CT molecular complexity index is 666. The molecule has 8 heteroatoms. The largest absolute Gasteiger partial charge is 0.467 e. The summed E-state index contributed by atoms with van der Waals surface area (Å²) in [6, 6.07) is 6.24. The van der Waals surface area contributed by atoms with Crippen LogP contribution in [0.15, 0.2) is 34.2 Å². The smallest absolute Gasteiger partial charge is 0.339 e. The molecule has 20 heavy (non-hydrogen) atoms. The second-order valence-electron chi connectivity index (χ2n) is 4.53. The molecule has 0 saturated carbocycles. The molecule has 0 bridgehead atoms. The van der Waals surface area contributed by atoms with Crippen LogP contribution < -0.4 is 0 Å². The number of hydrogen-bond donors (Lipinski definition) is 1. The fourth-order valence-corrected chi connectivity index (χ4v) is 3.29. The fraction of sp³-hybridized carbons (Fsp3) is 0.333. The number of β-amino-alcohol motifs (C(OH)–C–C–N with tert-alkyl or cyclic N) is 1. The van der Waals surface area contributed by atoms with Crippen LogP contribution in [0.4, 0.5) is 5.69 Å². The van der Waals surface area contributed by atoms with Crippen molar-refractivity contribution in [2.75, 3.05) is 13.7 Å². The van der Waals surface area contributed by atoms with E-state index in [4.69, 9.17) is 0 Å². The van der Waals surface area contributed by atoms with Crippen molar-refractivity contribution in [3.63, 3.8) is 0 Å². The summed E-state index contributed by atoms with van der Waals surface area (Å²) in [5, 5.41) is 9.97. The molecule has 1 N–H and O–H groups in total. The van der Waals surface area contributed by atoms with Crippen LogP contribution in [0.1, 0.15) is 6.92 Å². The molecular weight excluding hydrogens is 284 g/mol. The highest BCUT2D eigenvalue weighted by Gasteiger charge is 2.39. The van der Waals surface area contributed by atoms with Gasteiger partial charge in [0.1, 0.15) is 11.2 Å². The maximum absolute atomic E-state index is 12.4. The highest BCUT2D eigenvalue weighted by atomic mass is 32.2. The monoisotopic (exact) mass is 298 g/mol. The van der Waals surface area contributed by atoms with Gasteiger partial charge in [-0.15, -0.1) is 0 Å². The van der Waals surface area contributed by atoms with E-state index < -0.39 is 28.1 Å². The van der Waals surface area contributed by atoms with E-state index in [1.165, 1.54) is 13.0 Å². The highest BCUT2D eigenvalue weighted by molar-refractivity contribution is 7.89. The molecule has 1 aliphatic heterocycles. The molecule has 0 saturated heterocycles. The molecule has 7 nitrogen and oxygen atoms in total. The molecule has 1 aliphatic rings. The summed E-state index contributed by atoms with van der Waals surface area (Å²) >= 11 is 0. The van der Waals surface area contributed by atoms with Crippen LogP contribution in [0.25, 0.3) is 0 Å². The lowest BCUT2D eigenvalue weighted by Gasteiger charge is -2.29. The number of benzene rings is 1. The number of para-hydroxylation sites is 1. The van der Waals surface area contributed by atoms with E-state index >= 15 is 0 Å². The Kier molecular flexibility index (Phi) is 3.53. The van der Waals surface area contributed by atoms with E-state index in [9.17, 15) is 18.3 Å². The molecule has 0 aromatic heterocycles. The normalized spacial score (nSPS) is 19.1. The summed E-state index contributed by atoms with van der Waals surface area (Å²) in [7, 11) is -2.73. The van der Waals surface area contributed by atoms with E-state index in [1.807, 2.05) is 0 Å². The van der Waals surface area contributed by atoms with Gasteiger partial charge >= 0.3 is 5.97 Å². The van der Waals surface area contributed by atoms with Gasteiger partial charge in [0.2, 0.25) is 0 Å². The predicted octanol–water partition coefficient (Wildman–Crippen LogP) is 0.275. The molecule has 1 atom stereocenters. The lowest BCUT2D eigenvalue weighted by atomic mass is 10.1. The van der Waals surface area contributed by atoms with Crippen LogP contribution in [-0.2, 0) is 19.6 Å². The van der Waals surface area contributed by atoms with Crippen molar-refractivity contribution >= 4 is 28.0 Å². The molecule has 2 rings (SSSR count). The summed E-state index contributed by atoms with van der Waals surface area (Å²) in [6.07, 6.45) is 1.08. The second kappa shape index (κ2) is 4.88. The third-order valence-electron chi connectivity index (χ3n) is 2.87. The first kappa shape index (κ1) is 14.5. The van der Waals surface area contributed by atoms with E-state index in [0.717, 1.165) is 17.8 Å². The molecule has 0 spiro atoms. The maximum Gasteiger partial charge on any atom is 0.339 e. The van der Waals surface area contributed by atoms with Crippen LogP contribution in [0.3, 0.4) is 0 Å². The Labute approximate surface area is 116 Å². The number of carbonyl (C=O) groups is 1. The standard InChI is InChI=1S/C12H14N2O5S/c1-12(16,11(15)19-2)7-14-8-13-9-5-3-4-6-10(9)20(14,17)18/h3-6,8,16H,7H2,1-2H3. The zero-order chi connectivity index (χ0) is 15.0. The molecule has 0 amide bonds. The molecule has 0 radical (unpaired) electrons. The van der Waals surface area contributed by atoms with Crippen LogP contribution in [0, 0.1) is 0 Å². The molecule has 1 heterocycles. The van der Waals surface area contributed by atoms with Gasteiger partial charge in [-0.05, 0) is 19.1 Å². The number of carbonyl (C=O) groups excluding carboxylic acids is 1. The number of hydrogen-bond acceptors (Lipinski definition) is 6. The minimum Gasteiger partial charge on any atom is -0.467 e. The summed E-state index contributed by atoms with van der Waals surface area (Å²) in [6.45, 7) is 0.711. The van der Waals surface area contributed by atoms with Crippen molar-refractivity contribution in [2.24, 2.45) is 4.99 Å². The Balaban J connectivity index is 2.36. The molecular formula is C12H14N2O5S. The summed E-state index contributed by atoms with van der Waals surface area (Å²) in [4.78, 5) is 15.5. The molecule has 108 valence electrons. The Morgan fingerprint density at radius 3 is 2.75 bits per heavy atom. The minimum atomic E-state index is -3.84. The maximum atomic E-state index is 12.4. The van der Waals surface area contributed by atoms with Crippen molar-refractivity contribution < 1.29 is 23.1 Å². The molecule has 0 aliphatic carbocycles. The van der Waals surface area contributed by atoms with Gasteiger partial charge in [0.25, 0.3) is 10.0 Å². The summed E-state index contributed by atoms with van der Waals surface area (Å²) in [5.74, 6) is -0.917. The predicted molar refractivity (Wildman–Crippen MR) is 71.1 cm³/mol. The van der Waals surface area contributed by atoms with Gasteiger partial charge in [-0.2, -0.15) is 0 Å². The van der Waals surface area contributed by atoms with E-state index in [0.29, 0.717) is 5.69 Å². The lowest BCUT2D eigenvalue weighted by molar-refractivity contribution is -0.160. The fourth-order valence-electron chi connectivity index (χ4n) is 1.81. The van der Waals surface area contributed by atoms with Crippen molar-refractivity contribution in [1.82, 2.24) is 4.31 Å². The quantitative estimate of drug-likeness (QED) is 0.808. The van der Waals surface area contributed by atoms with Crippen molar-refractivity contribution in [3.8, 4) is 0 Å². The van der Waals surface area contributed by atoms with Gasteiger partial charge in [-0.25, -0.2) is 18.2 Å². The van der Waals surface area contributed by atoms with Crippen LogP contribution >= 0.6 is 0 Å². The number of aliphatic imine (C=N–C) groups is 1. The summed E-state index contributed by atoms with van der Waals surface area (Å²) < 4.78 is 30.0. The first-order chi connectivity index (χ1) is 9.29. The van der Waals surface area contributed by atoms with Crippen molar-refractivity contribution in [1.29, 1.82) is 0 Å². The number of fused-ring (bicyclic) bond motifs is 1. The molecule has 1 unspecified atom stereocenters. The number of aliphatic hydroxyl groups is 1. The van der Waals surface area contributed by atoms with E-state index in [1.54, 1.807) is 18.2 Å². The first-order valence-corrected chi connectivity index (χ1v) is 7.19. The zero-order valence-electron chi connectivity index (χ0n) is 11.0. The van der Waals surface area contributed by atoms with E-state index in [2.05, 4.69) is 9.73 Å². The van der Waals surface area contributed by atoms with Gasteiger partial charge in [0.05, 0.1) is 19.3 Å². The average molecular weight is 298 g/mol. The molecule has 0 fully saturated rings. The Morgan fingerprint density at radius 1 is 1.45 bits per heavy atom. The van der Waals surface area contributed by atoms with Crippen LogP contribution in [-0.4, -0.2) is 49.4 Å². The molecule has 1 aromatic rings. The lowest BCUT2D eigenvalue weighted by Crippen LogP contribution is -2.49. The number of nitrogens with zero attached hydrogens (tertiary/aromatic N) is 2. The number of ether oxygens (including phenoxy) is 1. The second-order valence-corrected chi connectivity index (χ2v) is 6.39. The van der Waals surface area contributed by atoms with E-state index in [-0.39, 0.29) is 4.90 Å². The minimum absolute atomic E-state index is 0.0307. The van der Waals surface area contributed by atoms with Crippen LogP contribution in [0.5, 0.6) is 0 Å². The number of rotatable bonds is 3. The zero-order valence-corrected chi connectivity index (χ0v) is 11.8. The number of methoxy groups -OCH3 is 1. The number of sulfonamides is 1. The Morgan fingerprint density at radius 2 is 2.10 bits per heavy atom. The highest BCUT2D eigenvalue weighted by Crippen LogP contribution is 2.30. The van der Waals surface area contributed by atoms with Crippen LogP contribution in [0.2, 0.25) is 0 Å². The number of esters is 1. The molecule has 1 aromatic carbocycles. The third-order valence-corrected chi connectivity index (χ3v) is 4.61. The van der Waals surface area contributed by atoms with Gasteiger partial charge in [0, 0.05) is 0 Å². The van der Waals surface area contributed by atoms with Gasteiger partial charge in [-0.1, -0.05) is 12.1 Å².